The summed E-state index contributed by atoms with van der Waals surface area (Å²) in [5.41, 5.74) is 0. The molecule has 1 fully saturated rings. The highest BCUT2D eigenvalue weighted by Gasteiger charge is 2.32. The molecule has 2 unspecified atom stereocenters. The number of likely N-dealkylation sites (N-methyl/N-ethyl adjacent to an activating group) is 1. The monoisotopic (exact) mass is 264 g/mol. The van der Waals surface area contributed by atoms with Gasteiger partial charge in [-0.05, 0) is 26.3 Å². The van der Waals surface area contributed by atoms with Gasteiger partial charge in [0, 0.05) is 20.2 Å². The first-order chi connectivity index (χ1) is 8.00. The number of sulfonamides is 1. The minimum atomic E-state index is -3.21. The van der Waals surface area contributed by atoms with Crippen LogP contribution in [0.3, 0.4) is 0 Å². The number of hydrogen-bond donors (Lipinski definition) is 1. The summed E-state index contributed by atoms with van der Waals surface area (Å²) in [7, 11) is -1.55. The van der Waals surface area contributed by atoms with Gasteiger partial charge in [0.2, 0.25) is 10.0 Å². The van der Waals surface area contributed by atoms with E-state index in [-0.39, 0.29) is 11.3 Å². The number of hydrogen-bond acceptors (Lipinski definition) is 4. The van der Waals surface area contributed by atoms with Gasteiger partial charge in [0.1, 0.15) is 0 Å². The molecule has 0 amide bonds. The summed E-state index contributed by atoms with van der Waals surface area (Å²) in [4.78, 5) is 0. The Morgan fingerprint density at radius 2 is 2.24 bits per heavy atom. The van der Waals surface area contributed by atoms with Crippen molar-refractivity contribution in [2.24, 2.45) is 0 Å². The molecule has 6 heteroatoms. The third kappa shape index (κ3) is 3.91. The highest BCUT2D eigenvalue weighted by Crippen LogP contribution is 2.17. The van der Waals surface area contributed by atoms with E-state index in [2.05, 4.69) is 12.2 Å². The molecule has 102 valence electrons. The lowest BCUT2D eigenvalue weighted by atomic mass is 10.3. The highest BCUT2D eigenvalue weighted by molar-refractivity contribution is 7.89. The van der Waals surface area contributed by atoms with E-state index in [0.717, 1.165) is 19.4 Å². The van der Waals surface area contributed by atoms with E-state index in [9.17, 15) is 8.42 Å². The number of nitrogens with zero attached hydrogens (tertiary/aromatic N) is 1. The molecule has 0 saturated carbocycles. The van der Waals surface area contributed by atoms with Crippen molar-refractivity contribution in [3.8, 4) is 0 Å². The van der Waals surface area contributed by atoms with Crippen molar-refractivity contribution in [2.75, 3.05) is 33.4 Å². The molecule has 0 aromatic rings. The van der Waals surface area contributed by atoms with Crippen molar-refractivity contribution in [1.82, 2.24) is 9.62 Å². The van der Waals surface area contributed by atoms with Crippen LogP contribution < -0.4 is 5.32 Å². The molecule has 5 nitrogen and oxygen atoms in total. The lowest BCUT2D eigenvalue weighted by Crippen LogP contribution is -2.45. The van der Waals surface area contributed by atoms with Gasteiger partial charge in [-0.1, -0.05) is 6.92 Å². The second kappa shape index (κ2) is 6.68. The van der Waals surface area contributed by atoms with Crippen LogP contribution in [0, 0.1) is 0 Å². The Labute approximate surface area is 105 Å². The second-order valence-electron chi connectivity index (χ2n) is 4.59. The average Bonchev–Trinajstić information content (AvgIpc) is 2.81. The zero-order valence-electron chi connectivity index (χ0n) is 11.0. The fourth-order valence-corrected chi connectivity index (χ4v) is 3.37. The van der Waals surface area contributed by atoms with Gasteiger partial charge in [0.25, 0.3) is 0 Å². The number of nitrogens with one attached hydrogen (secondary N) is 1. The SMILES string of the molecule is CCCNCC(C)S(=O)(=O)N(C)C1CCOC1. The van der Waals surface area contributed by atoms with Crippen molar-refractivity contribution < 1.29 is 13.2 Å². The van der Waals surface area contributed by atoms with E-state index >= 15 is 0 Å². The van der Waals surface area contributed by atoms with Gasteiger partial charge in [-0.2, -0.15) is 4.31 Å². The topological polar surface area (TPSA) is 58.6 Å². The third-order valence-electron chi connectivity index (χ3n) is 3.19. The fraction of sp³-hybridized carbons (Fsp3) is 1.00. The minimum Gasteiger partial charge on any atom is -0.380 e. The molecule has 1 N–H and O–H groups in total. The van der Waals surface area contributed by atoms with E-state index in [0.29, 0.717) is 19.8 Å². The summed E-state index contributed by atoms with van der Waals surface area (Å²) in [6.45, 7) is 6.36. The van der Waals surface area contributed by atoms with Crippen LogP contribution in [0.1, 0.15) is 26.7 Å². The summed E-state index contributed by atoms with van der Waals surface area (Å²) in [5, 5.41) is 2.76. The molecular formula is C11H24N2O3S. The van der Waals surface area contributed by atoms with Crippen LogP contribution in [-0.2, 0) is 14.8 Å². The maximum Gasteiger partial charge on any atom is 0.218 e. The first-order valence-electron chi connectivity index (χ1n) is 6.25. The molecule has 0 aromatic heterocycles. The Balaban J connectivity index is 2.53. The fourth-order valence-electron chi connectivity index (χ4n) is 1.89. The van der Waals surface area contributed by atoms with Crippen molar-refractivity contribution in [3.05, 3.63) is 0 Å². The maximum atomic E-state index is 12.2. The zero-order valence-corrected chi connectivity index (χ0v) is 11.8. The van der Waals surface area contributed by atoms with Gasteiger partial charge < -0.3 is 10.1 Å². The molecule has 17 heavy (non-hydrogen) atoms. The Kier molecular flexibility index (Phi) is 5.85. The predicted molar refractivity (Wildman–Crippen MR) is 68.5 cm³/mol. The van der Waals surface area contributed by atoms with Gasteiger partial charge in [-0.3, -0.25) is 0 Å². The number of ether oxygens (including phenoxy) is 1. The summed E-state index contributed by atoms with van der Waals surface area (Å²) in [6.07, 6.45) is 1.81. The quantitative estimate of drug-likeness (QED) is 0.677. The van der Waals surface area contributed by atoms with Crippen LogP contribution >= 0.6 is 0 Å². The van der Waals surface area contributed by atoms with Gasteiger partial charge in [0.05, 0.1) is 17.9 Å². The average molecular weight is 264 g/mol. The number of rotatable bonds is 7. The second-order valence-corrected chi connectivity index (χ2v) is 7.00. The Morgan fingerprint density at radius 1 is 1.53 bits per heavy atom. The normalized spacial score (nSPS) is 23.2. The van der Waals surface area contributed by atoms with Crippen molar-refractivity contribution in [2.45, 2.75) is 38.0 Å². The largest absolute Gasteiger partial charge is 0.380 e. The molecule has 0 bridgehead atoms. The van der Waals surface area contributed by atoms with E-state index in [1.165, 1.54) is 4.31 Å². The first-order valence-corrected chi connectivity index (χ1v) is 7.75. The molecule has 1 aliphatic heterocycles. The Bertz CT molecular complexity index is 313. The minimum absolute atomic E-state index is 0.00799. The highest BCUT2D eigenvalue weighted by atomic mass is 32.2. The van der Waals surface area contributed by atoms with Crippen LogP contribution in [0.15, 0.2) is 0 Å². The standard InChI is InChI=1S/C11H24N2O3S/c1-4-6-12-8-10(2)17(14,15)13(3)11-5-7-16-9-11/h10-12H,4-9H2,1-3H3. The molecule has 0 radical (unpaired) electrons. The van der Waals surface area contributed by atoms with Crippen LogP contribution in [-0.4, -0.2) is 57.4 Å². The molecule has 0 spiro atoms. The molecule has 1 aliphatic rings. The third-order valence-corrected chi connectivity index (χ3v) is 5.47. The summed E-state index contributed by atoms with van der Waals surface area (Å²) >= 11 is 0. The van der Waals surface area contributed by atoms with Crippen LogP contribution in [0.2, 0.25) is 0 Å². The molecule has 0 aromatic carbocycles. The van der Waals surface area contributed by atoms with Crippen LogP contribution in [0.4, 0.5) is 0 Å². The maximum absolute atomic E-state index is 12.2. The van der Waals surface area contributed by atoms with Gasteiger partial charge in [-0.15, -0.1) is 0 Å². The van der Waals surface area contributed by atoms with Gasteiger partial charge in [0.15, 0.2) is 0 Å². The molecular weight excluding hydrogens is 240 g/mol. The van der Waals surface area contributed by atoms with E-state index in [1.807, 2.05) is 0 Å². The summed E-state index contributed by atoms with van der Waals surface area (Å²) in [5.74, 6) is 0. The molecule has 1 heterocycles. The Morgan fingerprint density at radius 3 is 2.76 bits per heavy atom. The summed E-state index contributed by atoms with van der Waals surface area (Å²) in [6, 6.07) is 0.00799. The van der Waals surface area contributed by atoms with Crippen molar-refractivity contribution in [1.29, 1.82) is 0 Å². The molecule has 1 saturated heterocycles. The lowest BCUT2D eigenvalue weighted by Gasteiger charge is -2.26. The molecule has 2 atom stereocenters. The van der Waals surface area contributed by atoms with Crippen molar-refractivity contribution >= 4 is 10.0 Å². The van der Waals surface area contributed by atoms with Crippen LogP contribution in [0.5, 0.6) is 0 Å². The lowest BCUT2D eigenvalue weighted by molar-refractivity contribution is 0.180. The predicted octanol–water partition coefficient (Wildman–Crippen LogP) is 0.425. The van der Waals surface area contributed by atoms with Crippen molar-refractivity contribution in [3.63, 3.8) is 0 Å². The van der Waals surface area contributed by atoms with E-state index in [1.54, 1.807) is 14.0 Å². The van der Waals surface area contributed by atoms with Crippen LogP contribution in [0.25, 0.3) is 0 Å². The zero-order chi connectivity index (χ0) is 12.9. The summed E-state index contributed by atoms with van der Waals surface area (Å²) < 4.78 is 31.2. The molecule has 0 aliphatic carbocycles. The Hall–Kier alpha value is -0.170. The van der Waals surface area contributed by atoms with Gasteiger partial charge in [-0.25, -0.2) is 8.42 Å². The molecule has 1 rings (SSSR count). The first kappa shape index (κ1) is 14.9. The van der Waals surface area contributed by atoms with E-state index < -0.39 is 10.0 Å². The van der Waals surface area contributed by atoms with E-state index in [4.69, 9.17) is 4.74 Å². The van der Waals surface area contributed by atoms with Gasteiger partial charge >= 0.3 is 0 Å². The smallest absolute Gasteiger partial charge is 0.218 e.